The molecule has 5 nitrogen and oxygen atoms in total. The van der Waals surface area contributed by atoms with Crippen molar-refractivity contribution in [1.82, 2.24) is 10.1 Å². The van der Waals surface area contributed by atoms with E-state index in [1.807, 2.05) is 36.4 Å². The molecule has 0 aliphatic rings. The van der Waals surface area contributed by atoms with E-state index in [9.17, 15) is 4.39 Å². The Morgan fingerprint density at radius 1 is 0.893 bits per heavy atom. The van der Waals surface area contributed by atoms with Gasteiger partial charge in [-0.05, 0) is 36.4 Å². The van der Waals surface area contributed by atoms with E-state index in [1.165, 1.54) is 6.07 Å². The lowest BCUT2D eigenvalue weighted by Gasteiger charge is -2.07. The van der Waals surface area contributed by atoms with E-state index in [2.05, 4.69) is 10.1 Å². The van der Waals surface area contributed by atoms with Crippen molar-refractivity contribution in [3.05, 3.63) is 84.2 Å². The highest BCUT2D eigenvalue weighted by Gasteiger charge is 2.12. The molecule has 0 aliphatic carbocycles. The summed E-state index contributed by atoms with van der Waals surface area (Å²) >= 11 is 0. The van der Waals surface area contributed by atoms with Gasteiger partial charge in [0.05, 0.1) is 7.11 Å². The molecule has 0 radical (unpaired) electrons. The molecule has 140 valence electrons. The van der Waals surface area contributed by atoms with Gasteiger partial charge in [0, 0.05) is 16.7 Å². The smallest absolute Gasteiger partial charge is 0.258 e. The second-order valence-corrected chi connectivity index (χ2v) is 6.06. The third-order valence-electron chi connectivity index (χ3n) is 4.19. The fraction of sp³-hybridized carbons (Fsp3) is 0.0909. The normalized spacial score (nSPS) is 10.6. The highest BCUT2D eigenvalue weighted by molar-refractivity contribution is 5.62. The van der Waals surface area contributed by atoms with Crippen LogP contribution in [0, 0.1) is 5.82 Å². The zero-order chi connectivity index (χ0) is 19.3. The minimum Gasteiger partial charge on any atom is -0.497 e. The molecule has 0 aliphatic heterocycles. The zero-order valence-electron chi connectivity index (χ0n) is 15.1. The van der Waals surface area contributed by atoms with Gasteiger partial charge in [-0.1, -0.05) is 41.6 Å². The van der Waals surface area contributed by atoms with Crippen LogP contribution in [0.1, 0.15) is 5.56 Å². The second kappa shape index (κ2) is 7.92. The van der Waals surface area contributed by atoms with Crippen LogP contribution in [0.25, 0.3) is 22.8 Å². The minimum absolute atomic E-state index is 0.136. The number of halogens is 1. The summed E-state index contributed by atoms with van der Waals surface area (Å²) in [4.78, 5) is 4.45. The van der Waals surface area contributed by atoms with E-state index in [1.54, 1.807) is 37.4 Å². The van der Waals surface area contributed by atoms with Gasteiger partial charge in [-0.3, -0.25) is 0 Å². The van der Waals surface area contributed by atoms with Crippen LogP contribution in [0.4, 0.5) is 4.39 Å². The first kappa shape index (κ1) is 17.7. The Bertz CT molecular complexity index is 1090. The van der Waals surface area contributed by atoms with E-state index in [0.717, 1.165) is 11.1 Å². The molecule has 1 heterocycles. The van der Waals surface area contributed by atoms with Crippen molar-refractivity contribution in [1.29, 1.82) is 0 Å². The van der Waals surface area contributed by atoms with Crippen molar-refractivity contribution in [2.45, 2.75) is 6.61 Å². The number of rotatable bonds is 6. The quantitative estimate of drug-likeness (QED) is 0.467. The maximum Gasteiger partial charge on any atom is 0.258 e. The molecule has 0 N–H and O–H groups in total. The molecule has 3 aromatic carbocycles. The Kier molecular flexibility index (Phi) is 5.01. The molecule has 0 saturated carbocycles. The summed E-state index contributed by atoms with van der Waals surface area (Å²) in [5, 5.41) is 4.05. The summed E-state index contributed by atoms with van der Waals surface area (Å²) in [5.74, 6) is 1.84. The summed E-state index contributed by atoms with van der Waals surface area (Å²) in [6.07, 6.45) is 0. The Morgan fingerprint density at radius 3 is 2.46 bits per heavy atom. The average molecular weight is 376 g/mol. The molecular formula is C22H17FN2O3. The van der Waals surface area contributed by atoms with E-state index >= 15 is 0 Å². The van der Waals surface area contributed by atoms with Gasteiger partial charge in [0.1, 0.15) is 23.9 Å². The Balaban J connectivity index is 1.53. The van der Waals surface area contributed by atoms with Gasteiger partial charge in [-0.25, -0.2) is 4.39 Å². The SMILES string of the molecule is COc1cccc(-c2nc(-c3cccc(OCc4ccccc4F)c3)no2)c1. The van der Waals surface area contributed by atoms with Crippen molar-refractivity contribution in [3.63, 3.8) is 0 Å². The Hall–Kier alpha value is -3.67. The number of methoxy groups -OCH3 is 1. The number of hydrogen-bond donors (Lipinski definition) is 0. The van der Waals surface area contributed by atoms with Crippen LogP contribution in [0.15, 0.2) is 77.3 Å². The second-order valence-electron chi connectivity index (χ2n) is 6.06. The van der Waals surface area contributed by atoms with Gasteiger partial charge in [0.15, 0.2) is 0 Å². The molecule has 0 atom stereocenters. The van der Waals surface area contributed by atoms with Gasteiger partial charge in [-0.15, -0.1) is 0 Å². The summed E-state index contributed by atoms with van der Waals surface area (Å²) in [7, 11) is 1.60. The molecule has 4 rings (SSSR count). The lowest BCUT2D eigenvalue weighted by Crippen LogP contribution is -1.98. The Labute approximate surface area is 161 Å². The van der Waals surface area contributed by atoms with Gasteiger partial charge < -0.3 is 14.0 Å². The fourth-order valence-electron chi connectivity index (χ4n) is 2.72. The summed E-state index contributed by atoms with van der Waals surface area (Å²) in [6.45, 7) is 0.136. The lowest BCUT2D eigenvalue weighted by molar-refractivity contribution is 0.300. The van der Waals surface area contributed by atoms with Crippen LogP contribution in [-0.2, 0) is 6.61 Å². The molecule has 0 fully saturated rings. The van der Waals surface area contributed by atoms with E-state index in [0.29, 0.717) is 28.8 Å². The topological polar surface area (TPSA) is 57.4 Å². The van der Waals surface area contributed by atoms with Gasteiger partial charge in [0.2, 0.25) is 5.82 Å². The van der Waals surface area contributed by atoms with Crippen molar-refractivity contribution in [3.8, 4) is 34.3 Å². The van der Waals surface area contributed by atoms with Crippen LogP contribution >= 0.6 is 0 Å². The molecular weight excluding hydrogens is 359 g/mol. The summed E-state index contributed by atoms with van der Waals surface area (Å²) in [5.41, 5.74) is 2.00. The van der Waals surface area contributed by atoms with Crippen molar-refractivity contribution in [2.24, 2.45) is 0 Å². The molecule has 0 bridgehead atoms. The first-order valence-electron chi connectivity index (χ1n) is 8.68. The predicted molar refractivity (Wildman–Crippen MR) is 102 cm³/mol. The molecule has 6 heteroatoms. The first-order valence-corrected chi connectivity index (χ1v) is 8.68. The molecule has 28 heavy (non-hydrogen) atoms. The monoisotopic (exact) mass is 376 g/mol. The fourth-order valence-corrected chi connectivity index (χ4v) is 2.72. The van der Waals surface area contributed by atoms with Crippen molar-refractivity contribution in [2.75, 3.05) is 7.11 Å². The van der Waals surface area contributed by atoms with Crippen LogP contribution < -0.4 is 9.47 Å². The third-order valence-corrected chi connectivity index (χ3v) is 4.19. The Morgan fingerprint density at radius 2 is 1.64 bits per heavy atom. The van der Waals surface area contributed by atoms with Crippen LogP contribution in [-0.4, -0.2) is 17.3 Å². The summed E-state index contributed by atoms with van der Waals surface area (Å²) < 4.78 is 30.1. The summed E-state index contributed by atoms with van der Waals surface area (Å²) in [6, 6.07) is 21.2. The molecule has 0 unspecified atom stereocenters. The lowest BCUT2D eigenvalue weighted by atomic mass is 10.2. The molecule has 1 aromatic heterocycles. The van der Waals surface area contributed by atoms with Crippen LogP contribution in [0.3, 0.4) is 0 Å². The highest BCUT2D eigenvalue weighted by Crippen LogP contribution is 2.27. The van der Waals surface area contributed by atoms with Gasteiger partial charge in [-0.2, -0.15) is 4.98 Å². The molecule has 0 saturated heterocycles. The highest BCUT2D eigenvalue weighted by atomic mass is 19.1. The number of ether oxygens (including phenoxy) is 2. The molecule has 4 aromatic rings. The minimum atomic E-state index is -0.292. The molecule has 0 amide bonds. The predicted octanol–water partition coefficient (Wildman–Crippen LogP) is 5.13. The number of benzene rings is 3. The maximum atomic E-state index is 13.7. The van der Waals surface area contributed by atoms with Crippen molar-refractivity contribution >= 4 is 0 Å². The number of hydrogen-bond acceptors (Lipinski definition) is 5. The number of aromatic nitrogens is 2. The van der Waals surface area contributed by atoms with Crippen LogP contribution in [0.2, 0.25) is 0 Å². The van der Waals surface area contributed by atoms with Gasteiger partial charge in [0.25, 0.3) is 5.89 Å². The van der Waals surface area contributed by atoms with Crippen LogP contribution in [0.5, 0.6) is 11.5 Å². The molecule has 0 spiro atoms. The van der Waals surface area contributed by atoms with Gasteiger partial charge >= 0.3 is 0 Å². The van der Waals surface area contributed by atoms with E-state index in [-0.39, 0.29) is 12.4 Å². The third kappa shape index (κ3) is 3.86. The number of nitrogens with zero attached hydrogens (tertiary/aromatic N) is 2. The van der Waals surface area contributed by atoms with Crippen molar-refractivity contribution < 1.29 is 18.4 Å². The zero-order valence-corrected chi connectivity index (χ0v) is 15.1. The standard InChI is InChI=1S/C22H17FN2O3/c1-26-18-9-5-8-16(13-18)22-24-21(25-28-22)15-7-4-10-19(12-15)27-14-17-6-2-3-11-20(17)23/h2-13H,14H2,1H3. The maximum absolute atomic E-state index is 13.7. The first-order chi connectivity index (χ1) is 13.7. The van der Waals surface area contributed by atoms with E-state index in [4.69, 9.17) is 14.0 Å². The average Bonchev–Trinajstić information content (AvgIpc) is 3.24. The van der Waals surface area contributed by atoms with E-state index < -0.39 is 0 Å². The largest absolute Gasteiger partial charge is 0.497 e.